The van der Waals surface area contributed by atoms with Gasteiger partial charge in [0.2, 0.25) is 5.17 Å². The van der Waals surface area contributed by atoms with Gasteiger partial charge in [0.05, 0.1) is 5.57 Å². The van der Waals surface area contributed by atoms with E-state index < -0.39 is 5.91 Å². The second-order valence-electron chi connectivity index (χ2n) is 6.55. The number of aromatic nitrogens is 1. The van der Waals surface area contributed by atoms with Crippen molar-refractivity contribution >= 4 is 62.7 Å². The molecule has 0 unspecified atom stereocenters. The van der Waals surface area contributed by atoms with Crippen LogP contribution in [-0.2, 0) is 11.2 Å². The van der Waals surface area contributed by atoms with Gasteiger partial charge >= 0.3 is 0 Å². The first-order valence-electron chi connectivity index (χ1n) is 9.03. The molecule has 0 spiro atoms. The van der Waals surface area contributed by atoms with E-state index in [1.807, 2.05) is 64.7 Å². The summed E-state index contributed by atoms with van der Waals surface area (Å²) in [7, 11) is 0. The number of nitrogens with one attached hydrogen (secondary N) is 1. The molecule has 30 heavy (non-hydrogen) atoms. The zero-order valence-electron chi connectivity index (χ0n) is 15.4. The maximum absolute atomic E-state index is 12.7. The number of carbonyl (C=O) groups excluding carboxylic acids is 1. The van der Waals surface area contributed by atoms with E-state index in [4.69, 9.17) is 17.0 Å². The third-order valence-electron chi connectivity index (χ3n) is 4.58. The number of fused-ring (bicyclic) bond motifs is 1. The Morgan fingerprint density at radius 3 is 2.73 bits per heavy atom. The Balaban J connectivity index is 1.46. The zero-order valence-corrected chi connectivity index (χ0v) is 17.8. The number of carbonyl (C=O) groups is 1. The highest BCUT2D eigenvalue weighted by molar-refractivity contribution is 8.27. The van der Waals surface area contributed by atoms with Crippen LogP contribution in [0.1, 0.15) is 10.6 Å². The van der Waals surface area contributed by atoms with Crippen LogP contribution in [-0.4, -0.2) is 31.5 Å². The number of thioether (sulfide) groups is 1. The SMILES string of the molecule is N=C1/C(=C\c2cccn2-c2ccc(Cl)cc2)C(=O)N=C2SC(Cc3cccs3)=NN12. The molecular formula is C21H14ClN5OS2. The van der Waals surface area contributed by atoms with Gasteiger partial charge in [-0.1, -0.05) is 17.7 Å². The number of hydrogen-bond acceptors (Lipinski definition) is 5. The van der Waals surface area contributed by atoms with Crippen molar-refractivity contribution in [3.05, 3.63) is 81.3 Å². The van der Waals surface area contributed by atoms with Crippen molar-refractivity contribution in [2.24, 2.45) is 10.1 Å². The summed E-state index contributed by atoms with van der Waals surface area (Å²) >= 11 is 8.98. The van der Waals surface area contributed by atoms with E-state index in [2.05, 4.69) is 10.1 Å². The molecule has 9 heteroatoms. The predicted octanol–water partition coefficient (Wildman–Crippen LogP) is 5.05. The van der Waals surface area contributed by atoms with Gasteiger partial charge in [-0.3, -0.25) is 10.2 Å². The van der Waals surface area contributed by atoms with Gasteiger partial charge in [-0.2, -0.15) is 15.1 Å². The van der Waals surface area contributed by atoms with Crippen LogP contribution in [0.15, 0.2) is 75.8 Å². The molecule has 2 aliphatic heterocycles. The molecule has 1 aromatic carbocycles. The van der Waals surface area contributed by atoms with E-state index >= 15 is 0 Å². The summed E-state index contributed by atoms with van der Waals surface area (Å²) in [4.78, 5) is 18.0. The van der Waals surface area contributed by atoms with Gasteiger partial charge in [0.25, 0.3) is 5.91 Å². The maximum atomic E-state index is 12.7. The van der Waals surface area contributed by atoms with Crippen LogP contribution in [0.3, 0.4) is 0 Å². The largest absolute Gasteiger partial charge is 0.317 e. The van der Waals surface area contributed by atoms with Gasteiger partial charge in [0.15, 0.2) is 5.84 Å². The minimum atomic E-state index is -0.435. The van der Waals surface area contributed by atoms with E-state index in [1.54, 1.807) is 17.4 Å². The van der Waals surface area contributed by atoms with Crippen LogP contribution in [0.5, 0.6) is 0 Å². The summed E-state index contributed by atoms with van der Waals surface area (Å²) in [6.07, 6.45) is 4.24. The van der Waals surface area contributed by atoms with E-state index in [0.29, 0.717) is 16.6 Å². The lowest BCUT2D eigenvalue weighted by molar-refractivity contribution is -0.114. The highest BCUT2D eigenvalue weighted by atomic mass is 35.5. The third kappa shape index (κ3) is 3.54. The Morgan fingerprint density at radius 1 is 1.13 bits per heavy atom. The fraction of sp³-hybridized carbons (Fsp3) is 0.0476. The van der Waals surface area contributed by atoms with Crippen LogP contribution in [0, 0.1) is 5.41 Å². The average molecular weight is 452 g/mol. The molecule has 3 aromatic rings. The van der Waals surface area contributed by atoms with Gasteiger partial charge in [0.1, 0.15) is 5.04 Å². The molecule has 0 fully saturated rings. The summed E-state index contributed by atoms with van der Waals surface area (Å²) in [5.74, 6) is -0.405. The van der Waals surface area contributed by atoms with Gasteiger partial charge in [-0.05, 0) is 65.7 Å². The lowest BCUT2D eigenvalue weighted by Gasteiger charge is -2.20. The number of rotatable bonds is 4. The lowest BCUT2D eigenvalue weighted by atomic mass is 10.1. The van der Waals surface area contributed by atoms with Gasteiger partial charge in [-0.25, -0.2) is 0 Å². The van der Waals surface area contributed by atoms with Gasteiger partial charge in [0, 0.05) is 33.9 Å². The Hall–Kier alpha value is -2.94. The summed E-state index contributed by atoms with van der Waals surface area (Å²) in [6.45, 7) is 0. The summed E-state index contributed by atoms with van der Waals surface area (Å²) in [5, 5.41) is 18.4. The van der Waals surface area contributed by atoms with Crippen molar-refractivity contribution in [1.29, 1.82) is 5.41 Å². The van der Waals surface area contributed by atoms with Crippen LogP contribution >= 0.6 is 34.7 Å². The van der Waals surface area contributed by atoms with Crippen molar-refractivity contribution in [3.8, 4) is 5.69 Å². The summed E-state index contributed by atoms with van der Waals surface area (Å²) < 4.78 is 1.92. The summed E-state index contributed by atoms with van der Waals surface area (Å²) in [6, 6.07) is 15.2. The van der Waals surface area contributed by atoms with Crippen molar-refractivity contribution in [3.63, 3.8) is 0 Å². The molecular weight excluding hydrogens is 438 g/mol. The highest BCUT2D eigenvalue weighted by Crippen LogP contribution is 2.30. The van der Waals surface area contributed by atoms with Crippen LogP contribution in [0.25, 0.3) is 11.8 Å². The molecule has 2 aromatic heterocycles. The molecule has 0 saturated carbocycles. The van der Waals surface area contributed by atoms with Crippen LogP contribution < -0.4 is 0 Å². The number of amides is 1. The van der Waals surface area contributed by atoms with Crippen molar-refractivity contribution in [2.45, 2.75) is 6.42 Å². The fourth-order valence-corrected chi connectivity index (χ4v) is 5.00. The van der Waals surface area contributed by atoms with Crippen molar-refractivity contribution < 1.29 is 4.79 Å². The molecule has 1 amide bonds. The highest BCUT2D eigenvalue weighted by Gasteiger charge is 2.35. The Bertz CT molecular complexity index is 1240. The topological polar surface area (TPSA) is 73.8 Å². The number of amidine groups is 2. The first-order valence-corrected chi connectivity index (χ1v) is 11.1. The Labute approximate surface area is 185 Å². The third-order valence-corrected chi connectivity index (χ3v) is 6.62. The predicted molar refractivity (Wildman–Crippen MR) is 124 cm³/mol. The second-order valence-corrected chi connectivity index (χ2v) is 9.06. The molecule has 6 nitrogen and oxygen atoms in total. The lowest BCUT2D eigenvalue weighted by Crippen LogP contribution is -2.35. The number of aliphatic imine (C=N–C) groups is 1. The van der Waals surface area contributed by atoms with Crippen LogP contribution in [0.4, 0.5) is 0 Å². The number of hydrogen-bond donors (Lipinski definition) is 1. The van der Waals surface area contributed by atoms with Crippen molar-refractivity contribution in [2.75, 3.05) is 0 Å². The molecule has 0 atom stereocenters. The smallest absolute Gasteiger partial charge is 0.283 e. The molecule has 0 saturated heterocycles. The van der Waals surface area contributed by atoms with Crippen LogP contribution in [0.2, 0.25) is 5.02 Å². The van der Waals surface area contributed by atoms with E-state index in [1.165, 1.54) is 21.6 Å². The Morgan fingerprint density at radius 2 is 1.97 bits per heavy atom. The standard InChI is InChI=1S/C21H14ClN5OS2/c22-13-5-7-14(8-6-13)26-9-1-3-15(26)11-17-19(23)27-21(24-20(17)28)30-18(25-27)12-16-4-2-10-29-16/h1-11,23H,12H2/b17-11+,23-19?. The zero-order chi connectivity index (χ0) is 20.7. The molecule has 5 rings (SSSR count). The normalized spacial score (nSPS) is 17.4. The molecule has 0 aliphatic carbocycles. The monoisotopic (exact) mass is 451 g/mol. The molecule has 1 N–H and O–H groups in total. The van der Waals surface area contributed by atoms with Crippen molar-refractivity contribution in [1.82, 2.24) is 9.58 Å². The average Bonchev–Trinajstić information content (AvgIpc) is 3.47. The van der Waals surface area contributed by atoms with Gasteiger partial charge < -0.3 is 4.57 Å². The fourth-order valence-electron chi connectivity index (χ4n) is 3.16. The maximum Gasteiger partial charge on any atom is 0.283 e. The molecule has 4 heterocycles. The van der Waals surface area contributed by atoms with Gasteiger partial charge in [-0.15, -0.1) is 11.3 Å². The molecule has 0 bridgehead atoms. The summed E-state index contributed by atoms with van der Waals surface area (Å²) in [5.41, 5.74) is 1.87. The van der Waals surface area contributed by atoms with E-state index in [9.17, 15) is 4.79 Å². The quantitative estimate of drug-likeness (QED) is 0.564. The number of benzene rings is 1. The minimum absolute atomic E-state index is 0.0301. The number of hydrazone groups is 1. The number of halogens is 1. The number of nitrogens with zero attached hydrogens (tertiary/aromatic N) is 4. The number of thiophene rings is 1. The van der Waals surface area contributed by atoms with E-state index in [0.717, 1.165) is 16.4 Å². The molecule has 0 radical (unpaired) electrons. The Kier molecular flexibility index (Phi) is 4.90. The molecule has 2 aliphatic rings. The first kappa shape index (κ1) is 19.0. The first-order chi connectivity index (χ1) is 14.6. The minimum Gasteiger partial charge on any atom is -0.317 e. The molecule has 148 valence electrons. The second kappa shape index (κ2) is 7.71. The van der Waals surface area contributed by atoms with E-state index in [-0.39, 0.29) is 11.4 Å².